The maximum absolute atomic E-state index is 12.6. The summed E-state index contributed by atoms with van der Waals surface area (Å²) in [7, 11) is -5.05. The lowest BCUT2D eigenvalue weighted by atomic mass is 10.3. The molecule has 0 saturated carbocycles. The van der Waals surface area contributed by atoms with E-state index in [0.717, 1.165) is 0 Å². The van der Waals surface area contributed by atoms with Gasteiger partial charge in [0.1, 0.15) is 10.0 Å². The lowest BCUT2D eigenvalue weighted by Crippen LogP contribution is -2.20. The molecular formula is C13H14Cl2N4O4S2. The molecule has 0 spiro atoms. The molecule has 2 aromatic rings. The van der Waals surface area contributed by atoms with Crippen molar-refractivity contribution in [1.29, 1.82) is 0 Å². The zero-order chi connectivity index (χ0) is 18.8. The zero-order valence-electron chi connectivity index (χ0n) is 13.0. The zero-order valence-corrected chi connectivity index (χ0v) is 16.2. The number of aromatic nitrogens is 1. The maximum Gasteiger partial charge on any atom is 0.265 e. The van der Waals surface area contributed by atoms with Crippen LogP contribution in [0.3, 0.4) is 0 Å². The number of hydrogen-bond donors (Lipinski definition) is 3. The molecule has 1 heterocycles. The van der Waals surface area contributed by atoms with Crippen molar-refractivity contribution >= 4 is 54.6 Å². The van der Waals surface area contributed by atoms with Crippen molar-refractivity contribution in [1.82, 2.24) is 9.71 Å². The molecule has 0 fully saturated rings. The number of nitrogens with one attached hydrogen (secondary N) is 3. The minimum absolute atomic E-state index is 0.0323. The largest absolute Gasteiger partial charge is 0.386 e. The van der Waals surface area contributed by atoms with Gasteiger partial charge < -0.3 is 5.32 Å². The van der Waals surface area contributed by atoms with E-state index in [4.69, 9.17) is 23.2 Å². The molecule has 1 aromatic heterocycles. The Bertz CT molecular complexity index is 1010. The van der Waals surface area contributed by atoms with Gasteiger partial charge in [-0.05, 0) is 37.4 Å². The number of sulfonamides is 2. The normalized spacial score (nSPS) is 12.0. The SMILES string of the molecule is CNc1ccc(S(=O)(=O)NC)cc1NS(=O)(=O)c1ccc(Cl)nc1Cl. The van der Waals surface area contributed by atoms with E-state index in [1.807, 2.05) is 0 Å². The Morgan fingerprint density at radius 1 is 0.920 bits per heavy atom. The summed E-state index contributed by atoms with van der Waals surface area (Å²) < 4.78 is 53.4. The number of hydrogen-bond acceptors (Lipinski definition) is 6. The molecule has 0 radical (unpaired) electrons. The van der Waals surface area contributed by atoms with Gasteiger partial charge in [-0.2, -0.15) is 0 Å². The second kappa shape index (κ2) is 7.34. The van der Waals surface area contributed by atoms with Crippen LogP contribution in [0.25, 0.3) is 0 Å². The Hall–Kier alpha value is -1.59. The average Bonchev–Trinajstić information content (AvgIpc) is 2.54. The minimum atomic E-state index is -4.12. The first kappa shape index (κ1) is 19.7. The monoisotopic (exact) mass is 424 g/mol. The van der Waals surface area contributed by atoms with Crippen molar-refractivity contribution in [2.24, 2.45) is 0 Å². The van der Waals surface area contributed by atoms with Crippen LogP contribution in [0.5, 0.6) is 0 Å². The third-order valence-corrected chi connectivity index (χ3v) is 6.57. The highest BCUT2D eigenvalue weighted by molar-refractivity contribution is 7.93. The smallest absolute Gasteiger partial charge is 0.265 e. The van der Waals surface area contributed by atoms with Crippen LogP contribution in [0, 0.1) is 0 Å². The van der Waals surface area contributed by atoms with Crippen molar-refractivity contribution in [3.8, 4) is 0 Å². The molecule has 0 saturated heterocycles. The summed E-state index contributed by atoms with van der Waals surface area (Å²) in [5.74, 6) is 0. The average molecular weight is 425 g/mol. The number of anilines is 2. The lowest BCUT2D eigenvalue weighted by Gasteiger charge is -2.14. The van der Waals surface area contributed by atoms with Crippen LogP contribution in [-0.4, -0.2) is 35.9 Å². The van der Waals surface area contributed by atoms with Crippen LogP contribution >= 0.6 is 23.2 Å². The van der Waals surface area contributed by atoms with Crippen LogP contribution in [-0.2, 0) is 20.0 Å². The Labute approximate surface area is 155 Å². The summed E-state index contributed by atoms with van der Waals surface area (Å²) in [4.78, 5) is 3.29. The van der Waals surface area contributed by atoms with Crippen molar-refractivity contribution in [2.75, 3.05) is 24.1 Å². The van der Waals surface area contributed by atoms with Crippen LogP contribution in [0.2, 0.25) is 10.3 Å². The fourth-order valence-corrected chi connectivity index (χ4v) is 4.40. The summed E-state index contributed by atoms with van der Waals surface area (Å²) in [5.41, 5.74) is 0.404. The van der Waals surface area contributed by atoms with E-state index >= 15 is 0 Å². The number of rotatable bonds is 6. The van der Waals surface area contributed by atoms with E-state index in [1.54, 1.807) is 7.05 Å². The van der Waals surface area contributed by atoms with Gasteiger partial charge in [0.05, 0.1) is 16.3 Å². The predicted molar refractivity (Wildman–Crippen MR) is 97.3 cm³/mol. The summed E-state index contributed by atoms with van der Waals surface area (Å²) in [6.45, 7) is 0. The third-order valence-electron chi connectivity index (χ3n) is 3.15. The minimum Gasteiger partial charge on any atom is -0.386 e. The molecular weight excluding hydrogens is 411 g/mol. The van der Waals surface area contributed by atoms with Crippen molar-refractivity contribution in [3.63, 3.8) is 0 Å². The Morgan fingerprint density at radius 3 is 2.16 bits per heavy atom. The molecule has 0 amide bonds. The first-order valence-corrected chi connectivity index (χ1v) is 10.4. The molecule has 0 aliphatic heterocycles. The first-order chi connectivity index (χ1) is 11.6. The molecule has 12 heteroatoms. The summed E-state index contributed by atoms with van der Waals surface area (Å²) in [5, 5.41) is 2.52. The molecule has 0 aliphatic rings. The van der Waals surface area contributed by atoms with Gasteiger partial charge in [-0.3, -0.25) is 4.72 Å². The molecule has 0 atom stereocenters. The van der Waals surface area contributed by atoms with Crippen LogP contribution < -0.4 is 14.8 Å². The van der Waals surface area contributed by atoms with Gasteiger partial charge in [-0.15, -0.1) is 0 Å². The van der Waals surface area contributed by atoms with Crippen LogP contribution in [0.1, 0.15) is 0 Å². The quantitative estimate of drug-likeness (QED) is 0.611. The van der Waals surface area contributed by atoms with Crippen molar-refractivity contribution < 1.29 is 16.8 Å². The highest BCUT2D eigenvalue weighted by Gasteiger charge is 2.22. The first-order valence-electron chi connectivity index (χ1n) is 6.71. The molecule has 25 heavy (non-hydrogen) atoms. The van der Waals surface area contributed by atoms with Crippen LogP contribution in [0.15, 0.2) is 40.1 Å². The Balaban J connectivity index is 2.52. The predicted octanol–water partition coefficient (Wildman–Crippen LogP) is 2.14. The third kappa shape index (κ3) is 4.33. The summed E-state index contributed by atoms with van der Waals surface area (Å²) >= 11 is 11.5. The molecule has 3 N–H and O–H groups in total. The molecule has 0 bridgehead atoms. The van der Waals surface area contributed by atoms with Gasteiger partial charge in [-0.25, -0.2) is 26.5 Å². The Kier molecular flexibility index (Phi) is 5.79. The number of halogens is 2. The lowest BCUT2D eigenvalue weighted by molar-refractivity contribution is 0.588. The number of pyridine rings is 1. The van der Waals surface area contributed by atoms with E-state index in [-0.39, 0.29) is 25.8 Å². The fraction of sp³-hybridized carbons (Fsp3) is 0.154. The van der Waals surface area contributed by atoms with E-state index < -0.39 is 20.0 Å². The van der Waals surface area contributed by atoms with E-state index in [0.29, 0.717) is 5.69 Å². The number of nitrogens with zero attached hydrogens (tertiary/aromatic N) is 1. The van der Waals surface area contributed by atoms with Gasteiger partial charge in [0, 0.05) is 7.05 Å². The van der Waals surface area contributed by atoms with Crippen molar-refractivity contribution in [3.05, 3.63) is 40.6 Å². The highest BCUT2D eigenvalue weighted by atomic mass is 35.5. The van der Waals surface area contributed by atoms with Crippen molar-refractivity contribution in [2.45, 2.75) is 9.79 Å². The van der Waals surface area contributed by atoms with Gasteiger partial charge in [-0.1, -0.05) is 23.2 Å². The molecule has 0 aliphatic carbocycles. The molecule has 2 rings (SSSR count). The summed E-state index contributed by atoms with van der Waals surface area (Å²) in [6.07, 6.45) is 0. The number of benzene rings is 1. The standard InChI is InChI=1S/C13H14Cl2N4O4S2/c1-16-9-4-3-8(24(20,21)17-2)7-10(9)19-25(22,23)11-5-6-12(14)18-13(11)15/h3-7,16-17,19H,1-2H3. The van der Waals surface area contributed by atoms with E-state index in [9.17, 15) is 16.8 Å². The molecule has 8 nitrogen and oxygen atoms in total. The van der Waals surface area contributed by atoms with Gasteiger partial charge >= 0.3 is 0 Å². The van der Waals surface area contributed by atoms with Gasteiger partial charge in [0.2, 0.25) is 10.0 Å². The molecule has 0 unspecified atom stereocenters. The summed E-state index contributed by atoms with van der Waals surface area (Å²) in [6, 6.07) is 6.44. The van der Waals surface area contributed by atoms with E-state index in [1.165, 1.54) is 37.4 Å². The van der Waals surface area contributed by atoms with E-state index in [2.05, 4.69) is 19.7 Å². The van der Waals surface area contributed by atoms with Crippen LogP contribution in [0.4, 0.5) is 11.4 Å². The highest BCUT2D eigenvalue weighted by Crippen LogP contribution is 2.29. The molecule has 136 valence electrons. The maximum atomic E-state index is 12.6. The molecule has 1 aromatic carbocycles. The second-order valence-corrected chi connectivity index (χ2v) is 8.98. The topological polar surface area (TPSA) is 117 Å². The second-order valence-electron chi connectivity index (χ2n) is 4.69. The van der Waals surface area contributed by atoms with Gasteiger partial charge in [0.25, 0.3) is 10.0 Å². The Morgan fingerprint density at radius 2 is 1.60 bits per heavy atom. The van der Waals surface area contributed by atoms with Gasteiger partial charge in [0.15, 0.2) is 5.15 Å². The fourth-order valence-electron chi connectivity index (χ4n) is 1.91.